The summed E-state index contributed by atoms with van der Waals surface area (Å²) in [6.07, 6.45) is 0. The Morgan fingerprint density at radius 1 is 1.41 bits per heavy atom. The van der Waals surface area contributed by atoms with E-state index in [9.17, 15) is 8.42 Å². The number of hydrogen-bond acceptors (Lipinski definition) is 2. The van der Waals surface area contributed by atoms with Crippen LogP contribution >= 0.6 is 27.5 Å². The van der Waals surface area contributed by atoms with Crippen LogP contribution in [0.4, 0.5) is 5.69 Å². The van der Waals surface area contributed by atoms with Gasteiger partial charge in [0.25, 0.3) is 0 Å². The molecule has 1 rings (SSSR count). The fourth-order valence-electron chi connectivity index (χ4n) is 1.37. The molecule has 17 heavy (non-hydrogen) atoms. The van der Waals surface area contributed by atoms with E-state index in [1.165, 1.54) is 0 Å². The second kappa shape index (κ2) is 5.59. The highest BCUT2D eigenvalue weighted by Crippen LogP contribution is 2.30. The molecule has 0 bridgehead atoms. The van der Waals surface area contributed by atoms with Crippen molar-refractivity contribution in [1.82, 2.24) is 0 Å². The number of nitrogens with one attached hydrogen (secondary N) is 1. The lowest BCUT2D eigenvalue weighted by Crippen LogP contribution is -2.20. The molecule has 0 unspecified atom stereocenters. The van der Waals surface area contributed by atoms with Gasteiger partial charge in [0.15, 0.2) is 0 Å². The zero-order valence-corrected chi connectivity index (χ0v) is 13.1. The van der Waals surface area contributed by atoms with Crippen LogP contribution in [0.1, 0.15) is 19.4 Å². The molecule has 0 spiro atoms. The molecule has 1 aromatic rings. The molecular weight excluding hydrogens is 326 g/mol. The number of sulfonamides is 1. The summed E-state index contributed by atoms with van der Waals surface area (Å²) < 4.78 is 26.8. The standard InChI is InChI=1S/C11H15BrClNO2S/c1-7(2)6-17(15,16)14-11-5-10(13)8(3)4-9(11)12/h4-5,7,14H,6H2,1-3H3. The molecule has 6 heteroatoms. The third-order valence-electron chi connectivity index (χ3n) is 2.07. The predicted molar refractivity (Wildman–Crippen MR) is 76.1 cm³/mol. The Balaban J connectivity index is 3.00. The van der Waals surface area contributed by atoms with Crippen LogP contribution in [0.2, 0.25) is 5.02 Å². The van der Waals surface area contributed by atoms with Crippen molar-refractivity contribution in [3.05, 3.63) is 27.2 Å². The predicted octanol–water partition coefficient (Wildman–Crippen LogP) is 3.81. The SMILES string of the molecule is Cc1cc(Br)c(NS(=O)(=O)CC(C)C)cc1Cl. The summed E-state index contributed by atoms with van der Waals surface area (Å²) in [7, 11) is -3.32. The number of benzene rings is 1. The maximum atomic E-state index is 11.8. The first-order valence-corrected chi connectivity index (χ1v) is 7.99. The van der Waals surface area contributed by atoms with Crippen LogP contribution < -0.4 is 4.72 Å². The van der Waals surface area contributed by atoms with Crippen molar-refractivity contribution in [2.24, 2.45) is 5.92 Å². The van der Waals surface area contributed by atoms with Gasteiger partial charge in [-0.2, -0.15) is 0 Å². The number of aryl methyl sites for hydroxylation is 1. The number of rotatable bonds is 4. The summed E-state index contributed by atoms with van der Waals surface area (Å²) >= 11 is 9.28. The topological polar surface area (TPSA) is 46.2 Å². The second-order valence-electron chi connectivity index (χ2n) is 4.36. The maximum Gasteiger partial charge on any atom is 0.233 e. The van der Waals surface area contributed by atoms with Crippen molar-refractivity contribution < 1.29 is 8.42 Å². The summed E-state index contributed by atoms with van der Waals surface area (Å²) in [4.78, 5) is 0. The molecule has 1 N–H and O–H groups in total. The Morgan fingerprint density at radius 3 is 2.53 bits per heavy atom. The Hall–Kier alpha value is -0.260. The van der Waals surface area contributed by atoms with Crippen molar-refractivity contribution >= 4 is 43.2 Å². The van der Waals surface area contributed by atoms with E-state index in [0.29, 0.717) is 15.2 Å². The minimum atomic E-state index is -3.32. The van der Waals surface area contributed by atoms with Crippen molar-refractivity contribution in [3.8, 4) is 0 Å². The molecule has 0 amide bonds. The highest BCUT2D eigenvalue weighted by Gasteiger charge is 2.15. The minimum Gasteiger partial charge on any atom is -0.282 e. The smallest absolute Gasteiger partial charge is 0.233 e. The Bertz CT molecular complexity index is 514. The summed E-state index contributed by atoms with van der Waals surface area (Å²) in [5.74, 6) is 0.164. The van der Waals surface area contributed by atoms with Gasteiger partial charge in [-0.1, -0.05) is 25.4 Å². The lowest BCUT2D eigenvalue weighted by Gasteiger charge is -2.12. The van der Waals surface area contributed by atoms with E-state index in [1.807, 2.05) is 20.8 Å². The molecule has 0 aliphatic rings. The Labute approximate surface area is 116 Å². The number of hydrogen-bond donors (Lipinski definition) is 1. The molecule has 0 radical (unpaired) electrons. The highest BCUT2D eigenvalue weighted by atomic mass is 79.9. The first kappa shape index (κ1) is 14.8. The third kappa shape index (κ3) is 4.48. The van der Waals surface area contributed by atoms with Gasteiger partial charge >= 0.3 is 0 Å². The van der Waals surface area contributed by atoms with Crippen LogP contribution in [0.15, 0.2) is 16.6 Å². The molecule has 3 nitrogen and oxygen atoms in total. The molecule has 0 atom stereocenters. The molecule has 96 valence electrons. The van der Waals surface area contributed by atoms with Crippen molar-refractivity contribution in [2.45, 2.75) is 20.8 Å². The molecule has 0 saturated heterocycles. The van der Waals surface area contributed by atoms with Crippen LogP contribution in [0, 0.1) is 12.8 Å². The van der Waals surface area contributed by atoms with Gasteiger partial charge in [-0.25, -0.2) is 8.42 Å². The summed E-state index contributed by atoms with van der Waals surface area (Å²) in [5.41, 5.74) is 1.37. The lowest BCUT2D eigenvalue weighted by molar-refractivity contribution is 0.587. The minimum absolute atomic E-state index is 0.0761. The van der Waals surface area contributed by atoms with Crippen LogP contribution in [0.25, 0.3) is 0 Å². The Kier molecular flexibility index (Phi) is 4.86. The molecule has 0 saturated carbocycles. The van der Waals surface area contributed by atoms with E-state index in [0.717, 1.165) is 5.56 Å². The van der Waals surface area contributed by atoms with Gasteiger partial charge < -0.3 is 0 Å². The Morgan fingerprint density at radius 2 is 2.00 bits per heavy atom. The fourth-order valence-corrected chi connectivity index (χ4v) is 3.69. The van der Waals surface area contributed by atoms with E-state index < -0.39 is 10.0 Å². The van der Waals surface area contributed by atoms with E-state index >= 15 is 0 Å². The van der Waals surface area contributed by atoms with E-state index in [-0.39, 0.29) is 11.7 Å². The zero-order valence-electron chi connectivity index (χ0n) is 9.92. The normalized spacial score (nSPS) is 11.9. The summed E-state index contributed by atoms with van der Waals surface area (Å²) in [6, 6.07) is 3.40. The highest BCUT2D eigenvalue weighted by molar-refractivity contribution is 9.10. The molecule has 0 aromatic heterocycles. The first-order valence-electron chi connectivity index (χ1n) is 5.17. The molecule has 0 aliphatic carbocycles. The first-order chi connectivity index (χ1) is 7.71. The summed E-state index contributed by atoms with van der Waals surface area (Å²) in [5, 5.41) is 0.537. The number of anilines is 1. The van der Waals surface area contributed by atoms with Crippen LogP contribution in [-0.2, 0) is 10.0 Å². The van der Waals surface area contributed by atoms with Gasteiger partial charge in [-0.05, 0) is 46.5 Å². The molecule has 1 aromatic carbocycles. The van der Waals surface area contributed by atoms with Gasteiger partial charge in [0, 0.05) is 9.50 Å². The lowest BCUT2D eigenvalue weighted by atomic mass is 10.2. The van der Waals surface area contributed by atoms with Gasteiger partial charge in [0.2, 0.25) is 10.0 Å². The largest absolute Gasteiger partial charge is 0.282 e. The van der Waals surface area contributed by atoms with Crippen LogP contribution in [0.5, 0.6) is 0 Å². The average Bonchev–Trinajstić information content (AvgIpc) is 2.11. The van der Waals surface area contributed by atoms with Gasteiger partial charge in [-0.15, -0.1) is 0 Å². The van der Waals surface area contributed by atoms with Gasteiger partial charge in [0.05, 0.1) is 11.4 Å². The van der Waals surface area contributed by atoms with Crippen LogP contribution in [0.3, 0.4) is 0 Å². The number of halogens is 2. The van der Waals surface area contributed by atoms with Crippen molar-refractivity contribution in [1.29, 1.82) is 0 Å². The zero-order chi connectivity index (χ0) is 13.2. The average molecular weight is 341 g/mol. The monoisotopic (exact) mass is 339 g/mol. The third-order valence-corrected chi connectivity index (χ3v) is 4.77. The molecule has 0 fully saturated rings. The van der Waals surface area contributed by atoms with Crippen LogP contribution in [-0.4, -0.2) is 14.2 Å². The van der Waals surface area contributed by atoms with Gasteiger partial charge in [0.1, 0.15) is 0 Å². The maximum absolute atomic E-state index is 11.8. The molecule has 0 heterocycles. The second-order valence-corrected chi connectivity index (χ2v) is 7.39. The van der Waals surface area contributed by atoms with Gasteiger partial charge in [-0.3, -0.25) is 4.72 Å². The molecular formula is C11H15BrClNO2S. The van der Waals surface area contributed by atoms with Crippen molar-refractivity contribution in [2.75, 3.05) is 10.5 Å². The van der Waals surface area contributed by atoms with Crippen molar-refractivity contribution in [3.63, 3.8) is 0 Å². The fraction of sp³-hybridized carbons (Fsp3) is 0.455. The van der Waals surface area contributed by atoms with E-state index in [4.69, 9.17) is 11.6 Å². The quantitative estimate of drug-likeness (QED) is 0.906. The van der Waals surface area contributed by atoms with E-state index in [2.05, 4.69) is 20.7 Å². The summed E-state index contributed by atoms with van der Waals surface area (Å²) in [6.45, 7) is 5.58. The molecule has 0 aliphatic heterocycles. The van der Waals surface area contributed by atoms with E-state index in [1.54, 1.807) is 12.1 Å².